The molecule has 0 spiro atoms. The van der Waals surface area contributed by atoms with E-state index in [1.807, 2.05) is 12.4 Å². The van der Waals surface area contributed by atoms with Crippen LogP contribution in [0.5, 0.6) is 0 Å². The molecule has 2 aromatic carbocycles. The van der Waals surface area contributed by atoms with Crippen LogP contribution in [0.15, 0.2) is 54.9 Å². The standard InChI is InChI=1S/C17H14N2/c1-2-12-6-5-8-14-13-7-3-4-9-15(13)19-11-10-18-17(19)16(12)14/h3-11H,2H2,1H3. The summed E-state index contributed by atoms with van der Waals surface area (Å²) in [7, 11) is 0. The normalized spacial score (nSPS) is 11.6. The Morgan fingerprint density at radius 2 is 1.84 bits per heavy atom. The molecule has 92 valence electrons. The van der Waals surface area contributed by atoms with Gasteiger partial charge < -0.3 is 0 Å². The predicted octanol–water partition coefficient (Wildman–Crippen LogP) is 4.20. The maximum absolute atomic E-state index is 4.57. The highest BCUT2D eigenvalue weighted by Gasteiger charge is 2.10. The van der Waals surface area contributed by atoms with Crippen molar-refractivity contribution in [2.75, 3.05) is 0 Å². The number of aromatic nitrogens is 2. The average molecular weight is 246 g/mol. The van der Waals surface area contributed by atoms with Crippen LogP contribution in [0.4, 0.5) is 0 Å². The van der Waals surface area contributed by atoms with Crippen LogP contribution in [-0.4, -0.2) is 9.38 Å². The molecule has 0 aliphatic carbocycles. The fraction of sp³-hybridized carbons (Fsp3) is 0.118. The largest absolute Gasteiger partial charge is 0.299 e. The summed E-state index contributed by atoms with van der Waals surface area (Å²) in [5.74, 6) is 0. The quantitative estimate of drug-likeness (QED) is 0.460. The molecule has 0 amide bonds. The van der Waals surface area contributed by atoms with Crippen LogP contribution in [-0.2, 0) is 6.42 Å². The number of benzene rings is 2. The Kier molecular flexibility index (Phi) is 2.12. The van der Waals surface area contributed by atoms with Gasteiger partial charge in [0.2, 0.25) is 0 Å². The monoisotopic (exact) mass is 246 g/mol. The number of rotatable bonds is 1. The van der Waals surface area contributed by atoms with E-state index < -0.39 is 0 Å². The predicted molar refractivity (Wildman–Crippen MR) is 79.6 cm³/mol. The molecular formula is C17H14N2. The van der Waals surface area contributed by atoms with Crippen LogP contribution in [0, 0.1) is 0 Å². The van der Waals surface area contributed by atoms with Gasteiger partial charge in [-0.15, -0.1) is 0 Å². The van der Waals surface area contributed by atoms with Crippen LogP contribution in [0.25, 0.3) is 27.3 Å². The second-order valence-electron chi connectivity index (χ2n) is 4.83. The fourth-order valence-electron chi connectivity index (χ4n) is 2.98. The van der Waals surface area contributed by atoms with Crippen molar-refractivity contribution in [1.29, 1.82) is 0 Å². The zero-order valence-corrected chi connectivity index (χ0v) is 10.8. The number of hydrogen-bond acceptors (Lipinski definition) is 1. The molecule has 0 aliphatic rings. The molecule has 4 rings (SSSR count). The van der Waals surface area contributed by atoms with Crippen molar-refractivity contribution in [3.8, 4) is 0 Å². The minimum Gasteiger partial charge on any atom is -0.299 e. The van der Waals surface area contributed by atoms with E-state index in [1.54, 1.807) is 0 Å². The van der Waals surface area contributed by atoms with E-state index in [0.29, 0.717) is 0 Å². The number of para-hydroxylation sites is 1. The molecule has 4 aromatic rings. The molecule has 2 heteroatoms. The maximum Gasteiger partial charge on any atom is 0.145 e. The molecule has 0 radical (unpaired) electrons. The van der Waals surface area contributed by atoms with Gasteiger partial charge in [0.1, 0.15) is 5.65 Å². The van der Waals surface area contributed by atoms with Gasteiger partial charge in [-0.05, 0) is 23.4 Å². The SMILES string of the molecule is CCc1cccc2c3ccccc3n3ccnc3c12. The van der Waals surface area contributed by atoms with E-state index in [2.05, 4.69) is 58.8 Å². The lowest BCUT2D eigenvalue weighted by Crippen LogP contribution is -1.93. The van der Waals surface area contributed by atoms with Gasteiger partial charge in [-0.25, -0.2) is 4.98 Å². The van der Waals surface area contributed by atoms with Crippen molar-refractivity contribution in [3.05, 3.63) is 60.4 Å². The summed E-state index contributed by atoms with van der Waals surface area (Å²) in [5.41, 5.74) is 3.64. The third kappa shape index (κ3) is 1.34. The van der Waals surface area contributed by atoms with Gasteiger partial charge in [0, 0.05) is 23.2 Å². The van der Waals surface area contributed by atoms with Crippen molar-refractivity contribution in [3.63, 3.8) is 0 Å². The highest BCUT2D eigenvalue weighted by molar-refractivity contribution is 6.12. The Labute approximate surface area is 111 Å². The highest BCUT2D eigenvalue weighted by Crippen LogP contribution is 2.31. The first-order valence-corrected chi connectivity index (χ1v) is 6.65. The van der Waals surface area contributed by atoms with Crippen molar-refractivity contribution in [1.82, 2.24) is 9.38 Å². The molecule has 2 nitrogen and oxygen atoms in total. The Bertz CT molecular complexity index is 903. The zero-order valence-electron chi connectivity index (χ0n) is 10.8. The van der Waals surface area contributed by atoms with E-state index in [9.17, 15) is 0 Å². The van der Waals surface area contributed by atoms with E-state index in [1.165, 1.54) is 27.2 Å². The second kappa shape index (κ2) is 3.82. The fourth-order valence-corrected chi connectivity index (χ4v) is 2.98. The third-order valence-corrected chi connectivity index (χ3v) is 3.85. The summed E-state index contributed by atoms with van der Waals surface area (Å²) < 4.78 is 2.19. The molecule has 0 atom stereocenters. The van der Waals surface area contributed by atoms with Crippen molar-refractivity contribution in [2.45, 2.75) is 13.3 Å². The van der Waals surface area contributed by atoms with Crippen LogP contribution in [0.2, 0.25) is 0 Å². The summed E-state index contributed by atoms with van der Waals surface area (Å²) in [6.45, 7) is 2.20. The van der Waals surface area contributed by atoms with Crippen molar-refractivity contribution >= 4 is 27.3 Å². The molecule has 0 saturated carbocycles. The van der Waals surface area contributed by atoms with E-state index >= 15 is 0 Å². The first kappa shape index (κ1) is 10.6. The third-order valence-electron chi connectivity index (χ3n) is 3.85. The summed E-state index contributed by atoms with van der Waals surface area (Å²) in [6, 6.07) is 15.1. The summed E-state index contributed by atoms with van der Waals surface area (Å²) in [6.07, 6.45) is 4.95. The molecule has 0 N–H and O–H groups in total. The van der Waals surface area contributed by atoms with Gasteiger partial charge in [-0.2, -0.15) is 0 Å². The van der Waals surface area contributed by atoms with Crippen molar-refractivity contribution in [2.24, 2.45) is 0 Å². The lowest BCUT2D eigenvalue weighted by Gasteiger charge is -2.10. The molecule has 2 aromatic heterocycles. The first-order chi connectivity index (χ1) is 9.40. The maximum atomic E-state index is 4.57. The number of imidazole rings is 1. The second-order valence-corrected chi connectivity index (χ2v) is 4.83. The van der Waals surface area contributed by atoms with Gasteiger partial charge in [-0.1, -0.05) is 43.3 Å². The Morgan fingerprint density at radius 3 is 2.74 bits per heavy atom. The van der Waals surface area contributed by atoms with Gasteiger partial charge in [0.05, 0.1) is 5.52 Å². The van der Waals surface area contributed by atoms with Gasteiger partial charge in [0.15, 0.2) is 0 Å². The summed E-state index contributed by atoms with van der Waals surface area (Å²) in [4.78, 5) is 4.57. The smallest absolute Gasteiger partial charge is 0.145 e. The Balaban J connectivity index is 2.42. The van der Waals surface area contributed by atoms with Crippen LogP contribution >= 0.6 is 0 Å². The number of fused-ring (bicyclic) bond motifs is 6. The first-order valence-electron chi connectivity index (χ1n) is 6.65. The molecule has 0 aliphatic heterocycles. The molecule has 19 heavy (non-hydrogen) atoms. The van der Waals surface area contributed by atoms with Crippen LogP contribution < -0.4 is 0 Å². The molecular weight excluding hydrogens is 232 g/mol. The van der Waals surface area contributed by atoms with Gasteiger partial charge >= 0.3 is 0 Å². The van der Waals surface area contributed by atoms with Gasteiger partial charge in [0.25, 0.3) is 0 Å². The van der Waals surface area contributed by atoms with Crippen LogP contribution in [0.1, 0.15) is 12.5 Å². The Morgan fingerprint density at radius 1 is 1.00 bits per heavy atom. The molecule has 0 saturated heterocycles. The van der Waals surface area contributed by atoms with Crippen LogP contribution in [0.3, 0.4) is 0 Å². The van der Waals surface area contributed by atoms with E-state index in [4.69, 9.17) is 0 Å². The van der Waals surface area contributed by atoms with E-state index in [0.717, 1.165) is 12.1 Å². The molecule has 0 unspecified atom stereocenters. The highest BCUT2D eigenvalue weighted by atomic mass is 15.0. The lowest BCUT2D eigenvalue weighted by molar-refractivity contribution is 1.15. The number of pyridine rings is 1. The summed E-state index contributed by atoms with van der Waals surface area (Å²) >= 11 is 0. The zero-order chi connectivity index (χ0) is 12.8. The topological polar surface area (TPSA) is 17.3 Å². The number of aryl methyl sites for hydroxylation is 1. The molecule has 0 bridgehead atoms. The number of nitrogens with zero attached hydrogens (tertiary/aromatic N) is 2. The lowest BCUT2D eigenvalue weighted by atomic mass is 10.0. The Hall–Kier alpha value is -2.35. The molecule has 0 fully saturated rings. The number of hydrogen-bond donors (Lipinski definition) is 0. The minimum absolute atomic E-state index is 1.03. The average Bonchev–Trinajstić information content (AvgIpc) is 2.96. The summed E-state index contributed by atoms with van der Waals surface area (Å²) in [5, 5.41) is 3.88. The van der Waals surface area contributed by atoms with E-state index in [-0.39, 0.29) is 0 Å². The van der Waals surface area contributed by atoms with Crippen molar-refractivity contribution < 1.29 is 0 Å². The molecule has 2 heterocycles. The minimum atomic E-state index is 1.03. The van der Waals surface area contributed by atoms with Gasteiger partial charge in [-0.3, -0.25) is 4.40 Å².